The Hall–Kier alpha value is -2.48. The summed E-state index contributed by atoms with van der Waals surface area (Å²) in [7, 11) is 0. The lowest BCUT2D eigenvalue weighted by Gasteiger charge is -2.21. The molecule has 0 atom stereocenters. The van der Waals surface area contributed by atoms with Crippen LogP contribution in [0.3, 0.4) is 0 Å². The lowest BCUT2D eigenvalue weighted by Crippen LogP contribution is -2.46. The van der Waals surface area contributed by atoms with Crippen LogP contribution in [0.1, 0.15) is 63.8 Å². The molecule has 1 aliphatic rings. The fraction of sp³-hybridized carbons (Fsp3) is 0.385. The van der Waals surface area contributed by atoms with E-state index in [-0.39, 0.29) is 10.8 Å². The molecular weight excluding hydrogens is 340 g/mol. The van der Waals surface area contributed by atoms with Gasteiger partial charge in [-0.05, 0) is 22.0 Å². The summed E-state index contributed by atoms with van der Waals surface area (Å²) in [5.41, 5.74) is 8.40. The van der Waals surface area contributed by atoms with Crippen molar-refractivity contribution in [2.24, 2.45) is 0 Å². The Morgan fingerprint density at radius 3 is 1.36 bits per heavy atom. The second kappa shape index (κ2) is 6.55. The molecule has 1 aliphatic heterocycles. The second-order valence-corrected chi connectivity index (χ2v) is 10.1. The molecule has 0 saturated carbocycles. The highest BCUT2D eigenvalue weighted by Crippen LogP contribution is 2.28. The van der Waals surface area contributed by atoms with Crippen molar-refractivity contribution in [1.29, 1.82) is 0 Å². The normalized spacial score (nSPS) is 13.8. The van der Waals surface area contributed by atoms with E-state index >= 15 is 0 Å². The average molecular weight is 373 g/mol. The topological polar surface area (TPSA) is 7.76 Å². The van der Waals surface area contributed by atoms with Crippen molar-refractivity contribution in [1.82, 2.24) is 0 Å². The second-order valence-electron chi connectivity index (χ2n) is 10.1. The number of nitrogens with zero attached hydrogens (tertiary/aromatic N) is 2. The van der Waals surface area contributed by atoms with Crippen molar-refractivity contribution >= 4 is 0 Å². The lowest BCUT2D eigenvalue weighted by atomic mass is 9.85. The summed E-state index contributed by atoms with van der Waals surface area (Å²) in [6.07, 6.45) is 4.54. The highest BCUT2D eigenvalue weighted by Gasteiger charge is 2.31. The molecule has 0 saturated heterocycles. The van der Waals surface area contributed by atoms with Gasteiger partial charge in [0.1, 0.15) is 0 Å². The Morgan fingerprint density at radius 1 is 0.607 bits per heavy atom. The predicted molar refractivity (Wildman–Crippen MR) is 114 cm³/mol. The Labute approximate surface area is 169 Å². The van der Waals surface area contributed by atoms with Gasteiger partial charge in [0.25, 0.3) is 11.4 Å². The largest absolute Gasteiger partial charge is 0.277 e. The fourth-order valence-corrected chi connectivity index (χ4v) is 3.94. The van der Waals surface area contributed by atoms with Crippen molar-refractivity contribution < 1.29 is 9.13 Å². The minimum absolute atomic E-state index is 0.127. The van der Waals surface area contributed by atoms with Gasteiger partial charge in [-0.25, -0.2) is 0 Å². The van der Waals surface area contributed by atoms with Gasteiger partial charge in [-0.1, -0.05) is 65.8 Å². The van der Waals surface area contributed by atoms with Gasteiger partial charge in [0.05, 0.1) is 0 Å². The maximum atomic E-state index is 2.41. The molecule has 2 aromatic heterocycles. The van der Waals surface area contributed by atoms with Crippen molar-refractivity contribution in [2.45, 2.75) is 65.5 Å². The third kappa shape index (κ3) is 3.48. The van der Waals surface area contributed by atoms with E-state index in [1.54, 1.807) is 0 Å². The average Bonchev–Trinajstić information content (AvgIpc) is 2.60. The highest BCUT2D eigenvalue weighted by molar-refractivity contribution is 5.51. The van der Waals surface area contributed by atoms with Crippen LogP contribution in [-0.2, 0) is 23.9 Å². The van der Waals surface area contributed by atoms with E-state index in [4.69, 9.17) is 0 Å². The first-order valence-electron chi connectivity index (χ1n) is 10.3. The zero-order valence-electron chi connectivity index (χ0n) is 18.1. The van der Waals surface area contributed by atoms with Crippen LogP contribution in [0.4, 0.5) is 0 Å². The number of fused-ring (bicyclic) bond motifs is 4. The third-order valence-electron chi connectivity index (χ3n) is 5.87. The summed E-state index contributed by atoms with van der Waals surface area (Å²) >= 11 is 0. The summed E-state index contributed by atoms with van der Waals surface area (Å²) in [5.74, 6) is 0. The molecular formula is C26H32N2+2. The first kappa shape index (κ1) is 18.9. The molecule has 3 heterocycles. The van der Waals surface area contributed by atoms with Crippen LogP contribution in [0.2, 0.25) is 0 Å². The minimum atomic E-state index is 0.127. The molecule has 0 unspecified atom stereocenters. The van der Waals surface area contributed by atoms with Gasteiger partial charge in [-0.2, -0.15) is 9.13 Å². The molecule has 0 amide bonds. The number of hydrogen-bond acceptors (Lipinski definition) is 0. The van der Waals surface area contributed by atoms with Crippen LogP contribution in [0.25, 0.3) is 11.4 Å². The Bertz CT molecular complexity index is 949. The van der Waals surface area contributed by atoms with Crippen LogP contribution in [0.5, 0.6) is 0 Å². The maximum Gasteiger partial charge on any atom is 0.277 e. The maximum absolute atomic E-state index is 2.41. The summed E-state index contributed by atoms with van der Waals surface area (Å²) < 4.78 is 4.82. The van der Waals surface area contributed by atoms with Crippen molar-refractivity contribution in [2.75, 3.05) is 0 Å². The van der Waals surface area contributed by atoms with Crippen molar-refractivity contribution in [3.63, 3.8) is 0 Å². The van der Waals surface area contributed by atoms with Gasteiger partial charge in [-0.15, -0.1) is 0 Å². The molecule has 0 spiro atoms. The molecule has 0 bridgehead atoms. The van der Waals surface area contributed by atoms with Crippen molar-refractivity contribution in [3.8, 4) is 11.4 Å². The van der Waals surface area contributed by atoms with Gasteiger partial charge < -0.3 is 0 Å². The Balaban J connectivity index is 2.00. The first-order valence-corrected chi connectivity index (χ1v) is 10.3. The van der Waals surface area contributed by atoms with E-state index in [9.17, 15) is 0 Å². The molecule has 28 heavy (non-hydrogen) atoms. The van der Waals surface area contributed by atoms with Crippen molar-refractivity contribution in [3.05, 3.63) is 83.2 Å². The van der Waals surface area contributed by atoms with E-state index < -0.39 is 0 Å². The smallest absolute Gasteiger partial charge is 0.189 e. The van der Waals surface area contributed by atoms with Crippen LogP contribution < -0.4 is 9.13 Å². The predicted octanol–water partition coefficient (Wildman–Crippen LogP) is 4.93. The molecule has 144 valence electrons. The Morgan fingerprint density at radius 2 is 1.00 bits per heavy atom. The quantitative estimate of drug-likeness (QED) is 0.387. The minimum Gasteiger partial charge on any atom is -0.189 e. The lowest BCUT2D eigenvalue weighted by molar-refractivity contribution is -0.711. The molecule has 0 N–H and O–H groups in total. The molecule has 1 aromatic carbocycles. The van der Waals surface area contributed by atoms with Gasteiger partial charge in [0.2, 0.25) is 0 Å². The molecule has 4 rings (SSSR count). The zero-order valence-corrected chi connectivity index (χ0v) is 18.1. The van der Waals surface area contributed by atoms with Gasteiger partial charge in [-0.3, -0.25) is 0 Å². The monoisotopic (exact) mass is 372 g/mol. The van der Waals surface area contributed by atoms with Crippen LogP contribution in [-0.4, -0.2) is 0 Å². The fourth-order valence-electron chi connectivity index (χ4n) is 3.94. The van der Waals surface area contributed by atoms with E-state index in [1.807, 2.05) is 0 Å². The van der Waals surface area contributed by atoms with E-state index in [0.29, 0.717) is 0 Å². The van der Waals surface area contributed by atoms with Crippen LogP contribution in [0, 0.1) is 0 Å². The summed E-state index contributed by atoms with van der Waals surface area (Å²) in [6, 6.07) is 18.2. The third-order valence-corrected chi connectivity index (χ3v) is 5.87. The number of aromatic nitrogens is 2. The molecule has 0 aliphatic carbocycles. The first-order chi connectivity index (χ1) is 13.1. The van der Waals surface area contributed by atoms with Gasteiger partial charge in [0, 0.05) is 35.4 Å². The number of benzene rings is 1. The molecule has 2 nitrogen and oxygen atoms in total. The van der Waals surface area contributed by atoms with E-state index in [0.717, 1.165) is 13.1 Å². The SMILES string of the molecule is CC(C)(C)c1cc[n+]2c(c1)-c1cc(C(C)(C)C)cc[n+]1Cc1ccccc1C2. The Kier molecular flexibility index (Phi) is 4.41. The van der Waals surface area contributed by atoms with E-state index in [1.165, 1.54) is 33.6 Å². The molecule has 2 heteroatoms. The zero-order chi connectivity index (χ0) is 20.1. The summed E-state index contributed by atoms with van der Waals surface area (Å²) in [4.78, 5) is 0. The number of hydrogen-bond donors (Lipinski definition) is 0. The van der Waals surface area contributed by atoms with Gasteiger partial charge in [0.15, 0.2) is 25.5 Å². The molecule has 0 radical (unpaired) electrons. The standard InChI is InChI=1S/C26H32N2/c1-25(2,3)21-11-13-27-17-19-9-7-8-10-20(19)18-28-14-12-22(26(4,5)6)16-24(28)23(27)15-21/h7-16H,17-18H2,1-6H3/q+2. The summed E-state index contributed by atoms with van der Waals surface area (Å²) in [5, 5.41) is 0. The highest BCUT2D eigenvalue weighted by atomic mass is 15.0. The van der Waals surface area contributed by atoms with Gasteiger partial charge >= 0.3 is 0 Å². The number of rotatable bonds is 0. The summed E-state index contributed by atoms with van der Waals surface area (Å²) in [6.45, 7) is 15.6. The van der Waals surface area contributed by atoms with Crippen LogP contribution >= 0.6 is 0 Å². The van der Waals surface area contributed by atoms with E-state index in [2.05, 4.69) is 112 Å². The molecule has 0 fully saturated rings. The van der Waals surface area contributed by atoms with Crippen LogP contribution in [0.15, 0.2) is 60.9 Å². The number of pyridine rings is 2. The molecule has 3 aromatic rings.